The predicted octanol–water partition coefficient (Wildman–Crippen LogP) is 6.49. The van der Waals surface area contributed by atoms with Crippen molar-refractivity contribution in [3.8, 4) is 0 Å². The van der Waals surface area contributed by atoms with Gasteiger partial charge >= 0.3 is 0 Å². The Morgan fingerprint density at radius 3 is 1.96 bits per heavy atom. The molecule has 3 rings (SSSR count). The number of hydrogen-bond donors (Lipinski definition) is 1. The largest absolute Gasteiger partial charge is 0.306 e. The van der Waals surface area contributed by atoms with E-state index in [2.05, 4.69) is 109 Å². The molecule has 3 aromatic rings. The van der Waals surface area contributed by atoms with Crippen molar-refractivity contribution >= 4 is 0 Å². The van der Waals surface area contributed by atoms with E-state index in [9.17, 15) is 0 Å². The first-order chi connectivity index (χ1) is 13.3. The molecule has 0 heterocycles. The lowest BCUT2D eigenvalue weighted by molar-refractivity contribution is 0.527. The summed E-state index contributed by atoms with van der Waals surface area (Å²) in [4.78, 5) is 0. The van der Waals surface area contributed by atoms with Crippen molar-refractivity contribution in [2.24, 2.45) is 0 Å². The van der Waals surface area contributed by atoms with Crippen LogP contribution in [-0.2, 0) is 13.0 Å². The van der Waals surface area contributed by atoms with Gasteiger partial charge < -0.3 is 5.32 Å². The van der Waals surface area contributed by atoms with Crippen LogP contribution in [-0.4, -0.2) is 0 Å². The summed E-state index contributed by atoms with van der Waals surface area (Å²) >= 11 is 0. The van der Waals surface area contributed by atoms with Gasteiger partial charge in [0.1, 0.15) is 0 Å². The average molecular weight is 356 g/mol. The number of benzene rings is 3. The highest BCUT2D eigenvalue weighted by molar-refractivity contribution is 5.22. The van der Waals surface area contributed by atoms with Gasteiger partial charge in [-0.2, -0.15) is 0 Å². The van der Waals surface area contributed by atoms with Crippen molar-refractivity contribution in [2.75, 3.05) is 0 Å². The molecule has 0 radical (unpaired) electrons. The Kier molecular flexibility index (Phi) is 7.44. The van der Waals surface area contributed by atoms with E-state index in [1.54, 1.807) is 0 Å². The predicted molar refractivity (Wildman–Crippen MR) is 116 cm³/mol. The molecular formula is C26H29N. The standard InChI is InChI=1S/C26H29N/c1-22(12-11-17-23-13-5-2-6-14-23)20-26(25-18-9-4-10-19-25)27-21-24-15-7-3-8-16-24/h2-10,12-16,18-19,26-27H,11,17,20-21H2,1H3/b22-12-/t26-/m0/s1. The topological polar surface area (TPSA) is 12.0 Å². The zero-order valence-electron chi connectivity index (χ0n) is 16.1. The van der Waals surface area contributed by atoms with Crippen LogP contribution >= 0.6 is 0 Å². The van der Waals surface area contributed by atoms with Crippen LogP contribution < -0.4 is 5.32 Å². The molecule has 0 spiro atoms. The zero-order valence-corrected chi connectivity index (χ0v) is 16.1. The molecule has 0 bridgehead atoms. The zero-order chi connectivity index (χ0) is 18.7. The summed E-state index contributed by atoms with van der Waals surface area (Å²) in [5, 5.41) is 3.75. The molecule has 3 aromatic carbocycles. The minimum atomic E-state index is 0.333. The lowest BCUT2D eigenvalue weighted by Gasteiger charge is -2.20. The minimum Gasteiger partial charge on any atom is -0.306 e. The van der Waals surface area contributed by atoms with E-state index in [-0.39, 0.29) is 0 Å². The Labute approximate surface area is 163 Å². The van der Waals surface area contributed by atoms with Gasteiger partial charge in [0.25, 0.3) is 0 Å². The summed E-state index contributed by atoms with van der Waals surface area (Å²) in [6, 6.07) is 32.5. The van der Waals surface area contributed by atoms with Crippen LogP contribution in [0.4, 0.5) is 0 Å². The maximum Gasteiger partial charge on any atom is 0.0360 e. The molecule has 0 aliphatic carbocycles. The monoisotopic (exact) mass is 355 g/mol. The van der Waals surface area contributed by atoms with Crippen LogP contribution in [0.3, 0.4) is 0 Å². The van der Waals surface area contributed by atoms with Crippen molar-refractivity contribution in [1.82, 2.24) is 5.32 Å². The maximum atomic E-state index is 3.75. The minimum absolute atomic E-state index is 0.333. The molecule has 138 valence electrons. The summed E-state index contributed by atoms with van der Waals surface area (Å²) in [6.45, 7) is 3.14. The van der Waals surface area contributed by atoms with Crippen LogP contribution in [0.25, 0.3) is 0 Å². The molecule has 0 unspecified atom stereocenters. The third kappa shape index (κ3) is 6.54. The number of allylic oxidation sites excluding steroid dienone is 1. The fourth-order valence-corrected chi connectivity index (χ4v) is 3.37. The summed E-state index contributed by atoms with van der Waals surface area (Å²) in [6.07, 6.45) is 5.63. The number of rotatable bonds is 9. The molecule has 1 heteroatoms. The number of hydrogen-bond acceptors (Lipinski definition) is 1. The fraction of sp³-hybridized carbons (Fsp3) is 0.231. The first-order valence-electron chi connectivity index (χ1n) is 9.83. The Morgan fingerprint density at radius 2 is 1.33 bits per heavy atom. The van der Waals surface area contributed by atoms with E-state index in [1.165, 1.54) is 22.3 Å². The van der Waals surface area contributed by atoms with Gasteiger partial charge in [-0.25, -0.2) is 0 Å². The Hall–Kier alpha value is -2.64. The lowest BCUT2D eigenvalue weighted by Crippen LogP contribution is -2.21. The van der Waals surface area contributed by atoms with E-state index >= 15 is 0 Å². The first-order valence-corrected chi connectivity index (χ1v) is 9.83. The number of nitrogens with one attached hydrogen (secondary N) is 1. The molecule has 27 heavy (non-hydrogen) atoms. The van der Waals surface area contributed by atoms with Gasteiger partial charge in [0.2, 0.25) is 0 Å². The van der Waals surface area contributed by atoms with Crippen LogP contribution in [0, 0.1) is 0 Å². The van der Waals surface area contributed by atoms with Gasteiger partial charge in [0, 0.05) is 12.6 Å². The summed E-state index contributed by atoms with van der Waals surface area (Å²) < 4.78 is 0. The molecule has 1 N–H and O–H groups in total. The fourth-order valence-electron chi connectivity index (χ4n) is 3.37. The van der Waals surface area contributed by atoms with Crippen molar-refractivity contribution in [1.29, 1.82) is 0 Å². The average Bonchev–Trinajstić information content (AvgIpc) is 2.73. The van der Waals surface area contributed by atoms with Crippen LogP contribution in [0.15, 0.2) is 103 Å². The van der Waals surface area contributed by atoms with Gasteiger partial charge in [-0.05, 0) is 42.9 Å². The highest BCUT2D eigenvalue weighted by Crippen LogP contribution is 2.22. The maximum absolute atomic E-state index is 3.75. The number of aryl methyl sites for hydroxylation is 1. The molecule has 0 saturated carbocycles. The smallest absolute Gasteiger partial charge is 0.0360 e. The molecular weight excluding hydrogens is 326 g/mol. The molecule has 0 aliphatic heterocycles. The third-order valence-electron chi connectivity index (χ3n) is 4.89. The van der Waals surface area contributed by atoms with Crippen molar-refractivity contribution < 1.29 is 0 Å². The van der Waals surface area contributed by atoms with Crippen LogP contribution in [0.5, 0.6) is 0 Å². The third-order valence-corrected chi connectivity index (χ3v) is 4.89. The highest BCUT2D eigenvalue weighted by Gasteiger charge is 2.11. The van der Waals surface area contributed by atoms with E-state index in [0.29, 0.717) is 6.04 Å². The quantitative estimate of drug-likeness (QED) is 0.433. The SMILES string of the molecule is C/C(=C/CCc1ccccc1)C[C@H](NCc1ccccc1)c1ccccc1. The first kappa shape index (κ1) is 19.1. The van der Waals surface area contributed by atoms with E-state index in [1.807, 2.05) is 0 Å². The molecule has 1 atom stereocenters. The summed E-state index contributed by atoms with van der Waals surface area (Å²) in [7, 11) is 0. The Bertz CT molecular complexity index is 807. The van der Waals surface area contributed by atoms with Crippen LogP contribution in [0.2, 0.25) is 0 Å². The normalized spacial score (nSPS) is 12.7. The molecule has 0 amide bonds. The molecule has 0 saturated heterocycles. The van der Waals surface area contributed by atoms with Crippen molar-refractivity contribution in [2.45, 2.75) is 38.8 Å². The highest BCUT2D eigenvalue weighted by atomic mass is 14.9. The summed E-state index contributed by atoms with van der Waals surface area (Å²) in [5.41, 5.74) is 5.53. The Morgan fingerprint density at radius 1 is 0.778 bits per heavy atom. The second-order valence-corrected chi connectivity index (χ2v) is 7.11. The van der Waals surface area contributed by atoms with Gasteiger partial charge in [-0.1, -0.05) is 103 Å². The molecule has 0 aliphatic rings. The van der Waals surface area contributed by atoms with Gasteiger partial charge in [0.15, 0.2) is 0 Å². The van der Waals surface area contributed by atoms with Crippen molar-refractivity contribution in [3.63, 3.8) is 0 Å². The second kappa shape index (κ2) is 10.5. The van der Waals surface area contributed by atoms with Gasteiger partial charge in [-0.3, -0.25) is 0 Å². The lowest BCUT2D eigenvalue weighted by atomic mass is 9.98. The van der Waals surface area contributed by atoms with Crippen molar-refractivity contribution in [3.05, 3.63) is 119 Å². The Balaban J connectivity index is 1.60. The second-order valence-electron chi connectivity index (χ2n) is 7.11. The molecule has 0 fully saturated rings. The van der Waals surface area contributed by atoms with E-state index in [0.717, 1.165) is 25.8 Å². The summed E-state index contributed by atoms with van der Waals surface area (Å²) in [5.74, 6) is 0. The molecule has 1 nitrogen and oxygen atoms in total. The van der Waals surface area contributed by atoms with Crippen LogP contribution in [0.1, 0.15) is 42.5 Å². The van der Waals surface area contributed by atoms with E-state index < -0.39 is 0 Å². The molecule has 0 aromatic heterocycles. The van der Waals surface area contributed by atoms with E-state index in [4.69, 9.17) is 0 Å². The van der Waals surface area contributed by atoms with Gasteiger partial charge in [0.05, 0.1) is 0 Å². The van der Waals surface area contributed by atoms with Gasteiger partial charge in [-0.15, -0.1) is 0 Å².